The van der Waals surface area contributed by atoms with E-state index < -0.39 is 0 Å². The highest BCUT2D eigenvalue weighted by Gasteiger charge is 2.46. The molecule has 3 unspecified atom stereocenters. The molecule has 0 bridgehead atoms. The third-order valence-electron chi connectivity index (χ3n) is 6.06. The lowest BCUT2D eigenvalue weighted by Crippen LogP contribution is -2.62. The van der Waals surface area contributed by atoms with Crippen LogP contribution in [0.3, 0.4) is 0 Å². The number of ether oxygens (including phenoxy) is 1. The van der Waals surface area contributed by atoms with Crippen LogP contribution < -0.4 is 5.32 Å². The van der Waals surface area contributed by atoms with Crippen LogP contribution in [-0.4, -0.2) is 74.4 Å². The summed E-state index contributed by atoms with van der Waals surface area (Å²) in [6.07, 6.45) is 6.46. The predicted octanol–water partition coefficient (Wildman–Crippen LogP) is 1.56. The Morgan fingerprint density at radius 3 is 2.76 bits per heavy atom. The fourth-order valence-electron chi connectivity index (χ4n) is 4.58. The van der Waals surface area contributed by atoms with Gasteiger partial charge in [0.2, 0.25) is 0 Å². The average molecular weight is 295 g/mol. The molecule has 21 heavy (non-hydrogen) atoms. The van der Waals surface area contributed by atoms with Crippen molar-refractivity contribution in [2.75, 3.05) is 46.9 Å². The van der Waals surface area contributed by atoms with E-state index in [1.807, 2.05) is 0 Å². The summed E-state index contributed by atoms with van der Waals surface area (Å²) >= 11 is 0. The van der Waals surface area contributed by atoms with Crippen molar-refractivity contribution in [1.82, 2.24) is 15.1 Å². The predicted molar refractivity (Wildman–Crippen MR) is 86.6 cm³/mol. The van der Waals surface area contributed by atoms with Gasteiger partial charge in [0, 0.05) is 38.3 Å². The molecule has 0 amide bonds. The Balaban J connectivity index is 1.70. The molecule has 3 aliphatic rings. The molecular weight excluding hydrogens is 262 g/mol. The maximum absolute atomic E-state index is 6.14. The molecule has 3 rings (SSSR count). The Hall–Kier alpha value is -0.160. The summed E-state index contributed by atoms with van der Waals surface area (Å²) in [4.78, 5) is 5.07. The highest BCUT2D eigenvalue weighted by atomic mass is 16.5. The molecule has 2 heterocycles. The van der Waals surface area contributed by atoms with Crippen LogP contribution in [0.2, 0.25) is 0 Å². The van der Waals surface area contributed by atoms with Gasteiger partial charge < -0.3 is 15.0 Å². The van der Waals surface area contributed by atoms with Crippen LogP contribution in [0.4, 0.5) is 0 Å². The van der Waals surface area contributed by atoms with E-state index in [2.05, 4.69) is 36.1 Å². The molecule has 1 saturated carbocycles. The van der Waals surface area contributed by atoms with E-state index in [1.165, 1.54) is 51.7 Å². The van der Waals surface area contributed by atoms with Crippen LogP contribution >= 0.6 is 0 Å². The number of piperazine rings is 1. The molecular formula is C17H33N3O. The zero-order valence-corrected chi connectivity index (χ0v) is 14.1. The quantitative estimate of drug-likeness (QED) is 0.852. The van der Waals surface area contributed by atoms with Gasteiger partial charge >= 0.3 is 0 Å². The minimum Gasteiger partial charge on any atom is -0.375 e. The van der Waals surface area contributed by atoms with Crippen molar-refractivity contribution < 1.29 is 4.74 Å². The number of nitrogens with one attached hydrogen (secondary N) is 1. The second kappa shape index (κ2) is 6.53. The summed E-state index contributed by atoms with van der Waals surface area (Å²) in [5, 5.41) is 3.84. The molecule has 1 N–H and O–H groups in total. The first-order chi connectivity index (χ1) is 10.1. The minimum atomic E-state index is 0.260. The largest absolute Gasteiger partial charge is 0.375 e. The van der Waals surface area contributed by atoms with Crippen molar-refractivity contribution in [2.45, 2.75) is 56.7 Å². The van der Waals surface area contributed by atoms with Gasteiger partial charge in [-0.05, 0) is 58.7 Å². The van der Waals surface area contributed by atoms with Gasteiger partial charge in [-0.3, -0.25) is 4.90 Å². The van der Waals surface area contributed by atoms with E-state index in [9.17, 15) is 0 Å². The molecule has 0 radical (unpaired) electrons. The molecule has 0 aromatic carbocycles. The highest BCUT2D eigenvalue weighted by molar-refractivity contribution is 5.00. The summed E-state index contributed by atoms with van der Waals surface area (Å²) in [6, 6.07) is 1.26. The van der Waals surface area contributed by atoms with E-state index >= 15 is 0 Å². The fraction of sp³-hybridized carbons (Fsp3) is 1.00. The number of likely N-dealkylation sites (N-methyl/N-ethyl adjacent to an activating group) is 3. The zero-order chi connectivity index (χ0) is 14.9. The van der Waals surface area contributed by atoms with Gasteiger partial charge in [0.25, 0.3) is 0 Å². The Kier molecular flexibility index (Phi) is 4.89. The van der Waals surface area contributed by atoms with E-state index in [0.717, 1.165) is 19.1 Å². The Labute approximate surface area is 130 Å². The molecule has 1 spiro atoms. The highest BCUT2D eigenvalue weighted by Crippen LogP contribution is 2.45. The second-order valence-electron chi connectivity index (χ2n) is 7.53. The summed E-state index contributed by atoms with van der Waals surface area (Å²) in [5.41, 5.74) is 0.260. The van der Waals surface area contributed by atoms with Gasteiger partial charge in [-0.2, -0.15) is 0 Å². The molecule has 2 saturated heterocycles. The third-order valence-corrected chi connectivity index (χ3v) is 6.06. The van der Waals surface area contributed by atoms with Gasteiger partial charge in [0.05, 0.1) is 5.60 Å². The van der Waals surface area contributed by atoms with E-state index in [-0.39, 0.29) is 5.60 Å². The Bertz CT molecular complexity index is 345. The molecule has 0 aromatic rings. The lowest BCUT2D eigenvalue weighted by atomic mass is 9.69. The van der Waals surface area contributed by atoms with Crippen molar-refractivity contribution in [3.8, 4) is 0 Å². The number of hydrogen-bond donors (Lipinski definition) is 1. The third kappa shape index (κ3) is 3.29. The Morgan fingerprint density at radius 2 is 2.10 bits per heavy atom. The van der Waals surface area contributed by atoms with Crippen molar-refractivity contribution in [3.05, 3.63) is 0 Å². The fourth-order valence-corrected chi connectivity index (χ4v) is 4.58. The molecule has 2 aliphatic heterocycles. The van der Waals surface area contributed by atoms with E-state index in [4.69, 9.17) is 4.74 Å². The number of hydrogen-bond acceptors (Lipinski definition) is 4. The lowest BCUT2D eigenvalue weighted by Gasteiger charge is -2.51. The Morgan fingerprint density at radius 1 is 1.29 bits per heavy atom. The van der Waals surface area contributed by atoms with Gasteiger partial charge in [0.1, 0.15) is 0 Å². The SMILES string of the molecule is CCNC(C1CCOC2(CCC2)C1)C1CN(C)CCN1C. The molecule has 3 fully saturated rings. The first kappa shape index (κ1) is 15.7. The molecule has 4 nitrogen and oxygen atoms in total. The van der Waals surface area contributed by atoms with Gasteiger partial charge in [0.15, 0.2) is 0 Å². The van der Waals surface area contributed by atoms with Crippen LogP contribution in [0.1, 0.15) is 39.0 Å². The van der Waals surface area contributed by atoms with Crippen LogP contribution in [0.15, 0.2) is 0 Å². The maximum Gasteiger partial charge on any atom is 0.0685 e. The van der Waals surface area contributed by atoms with Gasteiger partial charge in [-0.15, -0.1) is 0 Å². The maximum atomic E-state index is 6.14. The van der Waals surface area contributed by atoms with Crippen molar-refractivity contribution in [2.24, 2.45) is 5.92 Å². The first-order valence-electron chi connectivity index (χ1n) is 8.90. The normalized spacial score (nSPS) is 35.6. The summed E-state index contributed by atoms with van der Waals surface area (Å²) in [7, 11) is 4.57. The topological polar surface area (TPSA) is 27.7 Å². The lowest BCUT2D eigenvalue weighted by molar-refractivity contribution is -0.150. The number of nitrogens with zero attached hydrogens (tertiary/aromatic N) is 2. The summed E-state index contributed by atoms with van der Waals surface area (Å²) in [6.45, 7) is 7.87. The second-order valence-corrected chi connectivity index (χ2v) is 7.53. The van der Waals surface area contributed by atoms with Crippen LogP contribution in [0.25, 0.3) is 0 Å². The molecule has 4 heteroatoms. The standard InChI is InChI=1S/C17H33N3O/c1-4-18-16(15-13-19(2)9-10-20(15)3)14-6-11-21-17(12-14)7-5-8-17/h14-16,18H,4-13H2,1-3H3. The van der Waals surface area contributed by atoms with Gasteiger partial charge in [-0.1, -0.05) is 6.92 Å². The first-order valence-corrected chi connectivity index (χ1v) is 8.90. The molecule has 3 atom stereocenters. The van der Waals surface area contributed by atoms with E-state index in [0.29, 0.717) is 12.1 Å². The van der Waals surface area contributed by atoms with Crippen LogP contribution in [-0.2, 0) is 4.74 Å². The van der Waals surface area contributed by atoms with E-state index in [1.54, 1.807) is 0 Å². The summed E-state index contributed by atoms with van der Waals surface area (Å²) in [5.74, 6) is 0.776. The van der Waals surface area contributed by atoms with Crippen molar-refractivity contribution >= 4 is 0 Å². The summed E-state index contributed by atoms with van der Waals surface area (Å²) < 4.78 is 6.14. The molecule has 1 aliphatic carbocycles. The van der Waals surface area contributed by atoms with Crippen LogP contribution in [0.5, 0.6) is 0 Å². The van der Waals surface area contributed by atoms with Crippen molar-refractivity contribution in [3.63, 3.8) is 0 Å². The average Bonchev–Trinajstić information content (AvgIpc) is 2.46. The minimum absolute atomic E-state index is 0.260. The monoisotopic (exact) mass is 295 g/mol. The smallest absolute Gasteiger partial charge is 0.0685 e. The molecule has 0 aromatic heterocycles. The number of rotatable bonds is 4. The van der Waals surface area contributed by atoms with Gasteiger partial charge in [-0.25, -0.2) is 0 Å². The molecule has 122 valence electrons. The van der Waals surface area contributed by atoms with Crippen molar-refractivity contribution in [1.29, 1.82) is 0 Å². The van der Waals surface area contributed by atoms with Crippen LogP contribution in [0, 0.1) is 5.92 Å². The zero-order valence-electron chi connectivity index (χ0n) is 14.1.